The lowest BCUT2D eigenvalue weighted by atomic mass is 10.0. The minimum atomic E-state index is -0.844. The Morgan fingerprint density at radius 1 is 1.25 bits per heavy atom. The largest absolute Gasteiger partial charge is 0.494 e. The molecule has 0 aromatic heterocycles. The summed E-state index contributed by atoms with van der Waals surface area (Å²) in [7, 11) is 1.42. The van der Waals surface area contributed by atoms with Gasteiger partial charge in [-0.2, -0.15) is 0 Å². The number of rotatable bonds is 5. The molecule has 0 amide bonds. The molecule has 0 heterocycles. The van der Waals surface area contributed by atoms with Gasteiger partial charge in [0.15, 0.2) is 11.6 Å². The quantitative estimate of drug-likeness (QED) is 0.907. The summed E-state index contributed by atoms with van der Waals surface area (Å²) in [6.45, 7) is 0. The third-order valence-electron chi connectivity index (χ3n) is 3.05. The lowest BCUT2D eigenvalue weighted by Crippen LogP contribution is -1.97. The number of benzene rings is 2. The predicted octanol–water partition coefficient (Wildman–Crippen LogP) is 3.52. The molecule has 0 aliphatic rings. The molecule has 0 saturated heterocycles. The molecule has 2 aromatic carbocycles. The van der Waals surface area contributed by atoms with E-state index in [1.807, 2.05) is 6.07 Å². The maximum Gasteiger partial charge on any atom is 0.303 e. The van der Waals surface area contributed by atoms with Gasteiger partial charge in [0.25, 0.3) is 0 Å². The number of halogens is 1. The van der Waals surface area contributed by atoms with Gasteiger partial charge in [0, 0.05) is 12.0 Å². The van der Waals surface area contributed by atoms with E-state index in [0.29, 0.717) is 17.5 Å². The Hall–Kier alpha value is -2.36. The Bertz CT molecular complexity index is 623. The zero-order chi connectivity index (χ0) is 14.5. The average Bonchev–Trinajstić information content (AvgIpc) is 2.45. The van der Waals surface area contributed by atoms with Crippen LogP contribution in [0.25, 0.3) is 11.1 Å². The normalized spacial score (nSPS) is 10.3. The Morgan fingerprint density at radius 3 is 2.70 bits per heavy atom. The molecule has 0 radical (unpaired) electrons. The second-order valence-corrected chi connectivity index (χ2v) is 4.42. The number of aliphatic carboxylic acids is 1. The summed E-state index contributed by atoms with van der Waals surface area (Å²) in [5, 5.41) is 8.70. The van der Waals surface area contributed by atoms with E-state index in [1.54, 1.807) is 36.4 Å². The van der Waals surface area contributed by atoms with E-state index < -0.39 is 11.8 Å². The summed E-state index contributed by atoms with van der Waals surface area (Å²) < 4.78 is 19.1. The van der Waals surface area contributed by atoms with E-state index in [1.165, 1.54) is 7.11 Å². The van der Waals surface area contributed by atoms with E-state index >= 15 is 0 Å². The topological polar surface area (TPSA) is 46.5 Å². The van der Waals surface area contributed by atoms with Crippen LogP contribution in [0.4, 0.5) is 4.39 Å². The molecule has 4 heteroatoms. The van der Waals surface area contributed by atoms with E-state index in [0.717, 1.165) is 5.56 Å². The summed E-state index contributed by atoms with van der Waals surface area (Å²) in [4.78, 5) is 10.6. The molecule has 0 aliphatic carbocycles. The fourth-order valence-corrected chi connectivity index (χ4v) is 2.04. The van der Waals surface area contributed by atoms with Crippen molar-refractivity contribution in [2.24, 2.45) is 0 Å². The summed E-state index contributed by atoms with van der Waals surface area (Å²) in [6, 6.07) is 12.2. The van der Waals surface area contributed by atoms with Crippen LogP contribution in [0.1, 0.15) is 12.0 Å². The standard InChI is InChI=1S/C16H15FO3/c1-20-14-7-3-6-13(16(14)17)12-5-2-4-11(10-12)8-9-15(18)19/h2-7,10H,8-9H2,1H3,(H,18,19). The minimum Gasteiger partial charge on any atom is -0.494 e. The van der Waals surface area contributed by atoms with Crippen molar-refractivity contribution in [2.45, 2.75) is 12.8 Å². The van der Waals surface area contributed by atoms with Crippen molar-refractivity contribution in [3.05, 3.63) is 53.8 Å². The fourth-order valence-electron chi connectivity index (χ4n) is 2.04. The van der Waals surface area contributed by atoms with Gasteiger partial charge in [-0.1, -0.05) is 36.4 Å². The number of ether oxygens (including phenoxy) is 1. The van der Waals surface area contributed by atoms with Gasteiger partial charge in [-0.05, 0) is 23.6 Å². The van der Waals surface area contributed by atoms with Gasteiger partial charge in [0.05, 0.1) is 7.11 Å². The lowest BCUT2D eigenvalue weighted by molar-refractivity contribution is -0.136. The molecule has 0 bridgehead atoms. The number of methoxy groups -OCH3 is 1. The van der Waals surface area contributed by atoms with Crippen LogP contribution in [-0.2, 0) is 11.2 Å². The van der Waals surface area contributed by atoms with Crippen LogP contribution in [0.2, 0.25) is 0 Å². The Kier molecular flexibility index (Phi) is 4.35. The highest BCUT2D eigenvalue weighted by Gasteiger charge is 2.10. The van der Waals surface area contributed by atoms with Gasteiger partial charge in [0.1, 0.15) is 0 Å². The average molecular weight is 274 g/mol. The van der Waals surface area contributed by atoms with Crippen molar-refractivity contribution < 1.29 is 19.0 Å². The number of hydrogen-bond acceptors (Lipinski definition) is 2. The summed E-state index contributed by atoms with van der Waals surface area (Å²) in [5.74, 6) is -1.06. The van der Waals surface area contributed by atoms with Crippen molar-refractivity contribution in [1.82, 2.24) is 0 Å². The van der Waals surface area contributed by atoms with Gasteiger partial charge < -0.3 is 9.84 Å². The molecule has 104 valence electrons. The fraction of sp³-hybridized carbons (Fsp3) is 0.188. The smallest absolute Gasteiger partial charge is 0.303 e. The van der Waals surface area contributed by atoms with Crippen LogP contribution in [0.15, 0.2) is 42.5 Å². The SMILES string of the molecule is COc1cccc(-c2cccc(CCC(=O)O)c2)c1F. The lowest BCUT2D eigenvalue weighted by Gasteiger charge is -2.09. The highest BCUT2D eigenvalue weighted by atomic mass is 19.1. The molecule has 0 aliphatic heterocycles. The molecule has 2 aromatic rings. The molecule has 1 N–H and O–H groups in total. The maximum atomic E-state index is 14.2. The Morgan fingerprint density at radius 2 is 2.00 bits per heavy atom. The summed E-state index contributed by atoms with van der Waals surface area (Å²) >= 11 is 0. The third kappa shape index (κ3) is 3.15. The van der Waals surface area contributed by atoms with Crippen molar-refractivity contribution >= 4 is 5.97 Å². The van der Waals surface area contributed by atoms with E-state index in [2.05, 4.69) is 0 Å². The first-order chi connectivity index (χ1) is 9.61. The third-order valence-corrected chi connectivity index (χ3v) is 3.05. The van der Waals surface area contributed by atoms with Crippen LogP contribution in [0, 0.1) is 5.82 Å². The summed E-state index contributed by atoms with van der Waals surface area (Å²) in [5.41, 5.74) is 2.03. The molecule has 0 unspecified atom stereocenters. The molecule has 3 nitrogen and oxygen atoms in total. The van der Waals surface area contributed by atoms with Gasteiger partial charge in [-0.25, -0.2) is 4.39 Å². The first-order valence-electron chi connectivity index (χ1n) is 6.25. The monoisotopic (exact) mass is 274 g/mol. The predicted molar refractivity (Wildman–Crippen MR) is 74.3 cm³/mol. The van der Waals surface area contributed by atoms with Gasteiger partial charge in [0.2, 0.25) is 0 Å². The molecule has 0 spiro atoms. The van der Waals surface area contributed by atoms with Gasteiger partial charge in [-0.3, -0.25) is 4.79 Å². The van der Waals surface area contributed by atoms with E-state index in [4.69, 9.17) is 9.84 Å². The zero-order valence-corrected chi connectivity index (χ0v) is 11.1. The van der Waals surface area contributed by atoms with Crippen LogP contribution in [0.3, 0.4) is 0 Å². The Balaban J connectivity index is 2.33. The van der Waals surface area contributed by atoms with Crippen LogP contribution in [0.5, 0.6) is 5.75 Å². The van der Waals surface area contributed by atoms with Gasteiger partial charge >= 0.3 is 5.97 Å². The van der Waals surface area contributed by atoms with E-state index in [9.17, 15) is 9.18 Å². The number of aryl methyl sites for hydroxylation is 1. The number of carbonyl (C=O) groups is 1. The highest BCUT2D eigenvalue weighted by molar-refractivity contribution is 5.68. The molecule has 2 rings (SSSR count). The van der Waals surface area contributed by atoms with Crippen molar-refractivity contribution in [1.29, 1.82) is 0 Å². The molecule has 0 saturated carbocycles. The summed E-state index contributed by atoms with van der Waals surface area (Å²) in [6.07, 6.45) is 0.485. The molecule has 0 atom stereocenters. The van der Waals surface area contributed by atoms with Gasteiger partial charge in [-0.15, -0.1) is 0 Å². The van der Waals surface area contributed by atoms with Crippen molar-refractivity contribution in [2.75, 3.05) is 7.11 Å². The molecule has 0 fully saturated rings. The highest BCUT2D eigenvalue weighted by Crippen LogP contribution is 2.29. The van der Waals surface area contributed by atoms with Crippen molar-refractivity contribution in [3.63, 3.8) is 0 Å². The van der Waals surface area contributed by atoms with E-state index in [-0.39, 0.29) is 12.2 Å². The molecular formula is C16H15FO3. The van der Waals surface area contributed by atoms with Crippen LogP contribution in [-0.4, -0.2) is 18.2 Å². The van der Waals surface area contributed by atoms with Crippen LogP contribution < -0.4 is 4.74 Å². The second-order valence-electron chi connectivity index (χ2n) is 4.42. The first kappa shape index (κ1) is 14.1. The molecular weight excluding hydrogens is 259 g/mol. The zero-order valence-electron chi connectivity index (χ0n) is 11.1. The molecule has 20 heavy (non-hydrogen) atoms. The second kappa shape index (κ2) is 6.19. The number of carboxylic acids is 1. The number of hydrogen-bond donors (Lipinski definition) is 1. The maximum absolute atomic E-state index is 14.2. The first-order valence-corrected chi connectivity index (χ1v) is 6.25. The minimum absolute atomic E-state index is 0.0596. The Labute approximate surface area is 116 Å². The van der Waals surface area contributed by atoms with Crippen molar-refractivity contribution in [3.8, 4) is 16.9 Å². The van der Waals surface area contributed by atoms with Crippen LogP contribution >= 0.6 is 0 Å². The number of carboxylic acid groups (broad SMARTS) is 1.